The molecule has 2 rings (SSSR count). The predicted molar refractivity (Wildman–Crippen MR) is 80.2 cm³/mol. The second-order valence-corrected chi connectivity index (χ2v) is 6.67. The van der Waals surface area contributed by atoms with Gasteiger partial charge in [-0.1, -0.05) is 20.8 Å². The van der Waals surface area contributed by atoms with E-state index in [0.29, 0.717) is 13.2 Å². The Labute approximate surface area is 126 Å². The molecule has 1 unspecified atom stereocenters. The zero-order chi connectivity index (χ0) is 15.5. The number of carbonyl (C=O) groups is 1. The van der Waals surface area contributed by atoms with Gasteiger partial charge in [-0.05, 0) is 26.2 Å². The highest BCUT2D eigenvalue weighted by atomic mass is 16.5. The Morgan fingerprint density at radius 2 is 2.19 bits per heavy atom. The zero-order valence-corrected chi connectivity index (χ0v) is 13.5. The van der Waals surface area contributed by atoms with E-state index in [4.69, 9.17) is 9.15 Å². The summed E-state index contributed by atoms with van der Waals surface area (Å²) in [6.07, 6.45) is 3.20. The highest BCUT2D eigenvalue weighted by Gasteiger charge is 2.23. The van der Waals surface area contributed by atoms with Crippen LogP contribution in [0.2, 0.25) is 0 Å². The second kappa shape index (κ2) is 6.60. The molecule has 0 saturated carbocycles. The molecule has 2 heterocycles. The molecule has 1 atom stereocenters. The normalized spacial score (nSPS) is 19.0. The Morgan fingerprint density at radius 1 is 1.43 bits per heavy atom. The third kappa shape index (κ3) is 4.30. The summed E-state index contributed by atoms with van der Waals surface area (Å²) in [5.41, 5.74) is 0.877. The fourth-order valence-electron chi connectivity index (χ4n) is 2.34. The first kappa shape index (κ1) is 16.0. The van der Waals surface area contributed by atoms with Gasteiger partial charge in [-0.25, -0.2) is 4.98 Å². The molecule has 0 aromatic carbocycles. The largest absolute Gasteiger partial charge is 0.445 e. The van der Waals surface area contributed by atoms with Crippen molar-refractivity contribution in [2.75, 3.05) is 13.2 Å². The molecule has 1 aliphatic rings. The van der Waals surface area contributed by atoms with Gasteiger partial charge in [0.05, 0.1) is 5.69 Å². The second-order valence-electron chi connectivity index (χ2n) is 6.67. The molecular weight excluding hydrogens is 268 g/mol. The van der Waals surface area contributed by atoms with Crippen molar-refractivity contribution in [1.29, 1.82) is 0 Å². The first-order valence-electron chi connectivity index (χ1n) is 7.74. The smallest absolute Gasteiger partial charge is 0.249 e. The van der Waals surface area contributed by atoms with Crippen LogP contribution < -0.4 is 5.32 Å². The summed E-state index contributed by atoms with van der Waals surface area (Å²) in [5, 5.41) is 2.93. The van der Waals surface area contributed by atoms with Gasteiger partial charge in [-0.15, -0.1) is 0 Å². The van der Waals surface area contributed by atoms with E-state index >= 15 is 0 Å². The molecular formula is C16H26N2O3. The number of aromatic nitrogens is 1. The van der Waals surface area contributed by atoms with Crippen LogP contribution in [0.4, 0.5) is 0 Å². The van der Waals surface area contributed by atoms with Crippen LogP contribution in [0, 0.1) is 6.92 Å². The molecule has 1 fully saturated rings. The van der Waals surface area contributed by atoms with Crippen LogP contribution in [0.1, 0.15) is 57.4 Å². The Morgan fingerprint density at radius 3 is 2.76 bits per heavy atom. The minimum Gasteiger partial charge on any atom is -0.445 e. The van der Waals surface area contributed by atoms with Crippen LogP contribution in [-0.2, 0) is 21.4 Å². The van der Waals surface area contributed by atoms with Crippen molar-refractivity contribution in [2.45, 2.75) is 64.9 Å². The van der Waals surface area contributed by atoms with E-state index in [1.807, 2.05) is 6.92 Å². The Balaban J connectivity index is 1.76. The van der Waals surface area contributed by atoms with Crippen molar-refractivity contribution < 1.29 is 13.9 Å². The van der Waals surface area contributed by atoms with Gasteiger partial charge in [0.25, 0.3) is 0 Å². The van der Waals surface area contributed by atoms with Gasteiger partial charge in [0, 0.05) is 25.0 Å². The fourth-order valence-corrected chi connectivity index (χ4v) is 2.34. The first-order chi connectivity index (χ1) is 9.88. The molecule has 0 bridgehead atoms. The number of ether oxygens (including phenoxy) is 1. The maximum Gasteiger partial charge on any atom is 0.249 e. The van der Waals surface area contributed by atoms with E-state index in [2.05, 4.69) is 31.1 Å². The maximum atomic E-state index is 11.8. The van der Waals surface area contributed by atoms with Crippen LogP contribution >= 0.6 is 0 Å². The molecule has 1 aromatic heterocycles. The van der Waals surface area contributed by atoms with Crippen molar-refractivity contribution >= 4 is 5.91 Å². The number of carbonyl (C=O) groups excluding carboxylic acids is 1. The number of nitrogens with one attached hydrogen (secondary N) is 1. The topological polar surface area (TPSA) is 64.4 Å². The number of nitrogens with zero attached hydrogens (tertiary/aromatic N) is 1. The van der Waals surface area contributed by atoms with E-state index in [1.54, 1.807) is 0 Å². The average Bonchev–Trinajstić information content (AvgIpc) is 3.03. The highest BCUT2D eigenvalue weighted by Crippen LogP contribution is 2.24. The van der Waals surface area contributed by atoms with Crippen molar-refractivity contribution in [2.24, 2.45) is 0 Å². The molecule has 0 radical (unpaired) electrons. The van der Waals surface area contributed by atoms with Crippen molar-refractivity contribution in [3.05, 3.63) is 17.3 Å². The van der Waals surface area contributed by atoms with Crippen LogP contribution in [0.15, 0.2) is 4.42 Å². The predicted octanol–water partition coefficient (Wildman–Crippen LogP) is 2.51. The van der Waals surface area contributed by atoms with Gasteiger partial charge in [-0.2, -0.15) is 0 Å². The van der Waals surface area contributed by atoms with Gasteiger partial charge in [0.15, 0.2) is 5.89 Å². The summed E-state index contributed by atoms with van der Waals surface area (Å²) in [6.45, 7) is 9.57. The zero-order valence-electron chi connectivity index (χ0n) is 13.5. The average molecular weight is 294 g/mol. The van der Waals surface area contributed by atoms with Crippen LogP contribution in [0.3, 0.4) is 0 Å². The summed E-state index contributed by atoms with van der Waals surface area (Å²) in [4.78, 5) is 16.3. The summed E-state index contributed by atoms with van der Waals surface area (Å²) in [7, 11) is 0. The number of hydrogen-bond donors (Lipinski definition) is 1. The fraction of sp³-hybridized carbons (Fsp3) is 0.750. The van der Waals surface area contributed by atoms with Gasteiger partial charge in [0.1, 0.15) is 11.9 Å². The van der Waals surface area contributed by atoms with Crippen LogP contribution in [0.25, 0.3) is 0 Å². The third-order valence-corrected chi connectivity index (χ3v) is 3.64. The summed E-state index contributed by atoms with van der Waals surface area (Å²) < 4.78 is 11.2. The van der Waals surface area contributed by atoms with E-state index in [-0.39, 0.29) is 17.4 Å². The SMILES string of the molecule is Cc1nc(C(C)(C)C)oc1CCCNC(=O)C1CCCO1. The quantitative estimate of drug-likeness (QED) is 0.847. The van der Waals surface area contributed by atoms with E-state index in [1.165, 1.54) is 0 Å². The monoisotopic (exact) mass is 294 g/mol. The Bertz CT molecular complexity index is 482. The lowest BCUT2D eigenvalue weighted by Gasteiger charge is -2.12. The molecule has 1 saturated heterocycles. The van der Waals surface area contributed by atoms with Gasteiger partial charge in [0.2, 0.25) is 5.91 Å². The van der Waals surface area contributed by atoms with E-state index in [9.17, 15) is 4.79 Å². The Hall–Kier alpha value is -1.36. The summed E-state index contributed by atoms with van der Waals surface area (Å²) in [6, 6.07) is 0. The van der Waals surface area contributed by atoms with Gasteiger partial charge >= 0.3 is 0 Å². The van der Waals surface area contributed by atoms with Crippen LogP contribution in [-0.4, -0.2) is 30.1 Å². The molecule has 1 N–H and O–H groups in total. The third-order valence-electron chi connectivity index (χ3n) is 3.64. The van der Waals surface area contributed by atoms with E-state index < -0.39 is 0 Å². The molecule has 21 heavy (non-hydrogen) atoms. The summed E-state index contributed by atoms with van der Waals surface area (Å²) >= 11 is 0. The molecule has 1 aliphatic heterocycles. The van der Waals surface area contributed by atoms with E-state index in [0.717, 1.165) is 43.0 Å². The minimum absolute atomic E-state index is 0.0113. The summed E-state index contributed by atoms with van der Waals surface area (Å²) in [5.74, 6) is 1.71. The number of aryl methyl sites for hydroxylation is 2. The molecule has 1 aromatic rings. The Kier molecular flexibility index (Phi) is 5.04. The molecule has 0 aliphatic carbocycles. The van der Waals surface area contributed by atoms with Crippen molar-refractivity contribution in [3.8, 4) is 0 Å². The number of hydrogen-bond acceptors (Lipinski definition) is 4. The molecule has 1 amide bonds. The standard InChI is InChI=1S/C16H26N2O3/c1-11-12(21-15(18-11)16(2,3)4)7-5-9-17-14(19)13-8-6-10-20-13/h13H,5-10H2,1-4H3,(H,17,19). The molecule has 5 heteroatoms. The van der Waals surface area contributed by atoms with Crippen LogP contribution in [0.5, 0.6) is 0 Å². The lowest BCUT2D eigenvalue weighted by Crippen LogP contribution is -2.34. The van der Waals surface area contributed by atoms with Crippen molar-refractivity contribution in [3.63, 3.8) is 0 Å². The number of amides is 1. The lowest BCUT2D eigenvalue weighted by molar-refractivity contribution is -0.130. The van der Waals surface area contributed by atoms with Gasteiger partial charge in [-0.3, -0.25) is 4.79 Å². The molecule has 5 nitrogen and oxygen atoms in total. The minimum atomic E-state index is -0.246. The lowest BCUT2D eigenvalue weighted by atomic mass is 9.97. The number of oxazole rings is 1. The van der Waals surface area contributed by atoms with Crippen molar-refractivity contribution in [1.82, 2.24) is 10.3 Å². The molecule has 0 spiro atoms. The molecule has 118 valence electrons. The number of rotatable bonds is 5. The highest BCUT2D eigenvalue weighted by molar-refractivity contribution is 5.80. The van der Waals surface area contributed by atoms with Gasteiger partial charge < -0.3 is 14.5 Å². The first-order valence-corrected chi connectivity index (χ1v) is 7.74. The maximum absolute atomic E-state index is 11.8.